The van der Waals surface area contributed by atoms with Crippen molar-refractivity contribution in [3.63, 3.8) is 0 Å². The molecule has 1 aromatic carbocycles. The van der Waals surface area contributed by atoms with Gasteiger partial charge in [-0.05, 0) is 30.7 Å². The smallest absolute Gasteiger partial charge is 0.248 e. The highest BCUT2D eigenvalue weighted by molar-refractivity contribution is 7.88. The summed E-state index contributed by atoms with van der Waals surface area (Å²) >= 11 is 0. The predicted octanol–water partition coefficient (Wildman–Crippen LogP) is 2.75. The van der Waals surface area contributed by atoms with Crippen LogP contribution in [0.15, 0.2) is 36.7 Å². The molecule has 0 saturated heterocycles. The Morgan fingerprint density at radius 1 is 1.28 bits per heavy atom. The van der Waals surface area contributed by atoms with E-state index in [0.717, 1.165) is 6.26 Å². The number of hydrogen-bond acceptors (Lipinski definition) is 6. The van der Waals surface area contributed by atoms with Crippen LogP contribution in [0.1, 0.15) is 24.8 Å². The van der Waals surface area contributed by atoms with Gasteiger partial charge in [0.2, 0.25) is 15.9 Å². The van der Waals surface area contributed by atoms with E-state index in [1.165, 1.54) is 12.4 Å². The number of nitriles is 1. The van der Waals surface area contributed by atoms with Crippen molar-refractivity contribution in [1.29, 1.82) is 5.26 Å². The number of ether oxygens (including phenoxy) is 1. The van der Waals surface area contributed by atoms with Gasteiger partial charge < -0.3 is 4.74 Å². The topological polar surface area (TPSA) is 105 Å². The normalized spacial score (nSPS) is 21.3. The minimum atomic E-state index is -3.50. The molecule has 1 fully saturated rings. The standard InChI is InChI=1S/C19H20F2N4O3S/c1-29(26,27)25-17-6-7-19(20,21)8-15(17)12-28-16-4-2-14(3-5-16)18-23-10-13(9-22)11-24-18/h2-5,10-11,15,17,25H,6-8,12H2,1H3. The Bertz CT molecular complexity index is 990. The molecular formula is C19H20F2N4O3S. The number of aromatic nitrogens is 2. The average molecular weight is 422 g/mol. The lowest BCUT2D eigenvalue weighted by Crippen LogP contribution is -2.48. The van der Waals surface area contributed by atoms with Gasteiger partial charge in [-0.15, -0.1) is 0 Å². The maximum atomic E-state index is 13.8. The first-order chi connectivity index (χ1) is 13.6. The fraction of sp³-hybridized carbons (Fsp3) is 0.421. The molecule has 1 aliphatic carbocycles. The second kappa shape index (κ2) is 8.39. The van der Waals surface area contributed by atoms with Crippen molar-refractivity contribution in [2.45, 2.75) is 31.2 Å². The van der Waals surface area contributed by atoms with Gasteiger partial charge in [-0.1, -0.05) is 0 Å². The molecule has 7 nitrogen and oxygen atoms in total. The van der Waals surface area contributed by atoms with Gasteiger partial charge in [0, 0.05) is 42.8 Å². The van der Waals surface area contributed by atoms with Crippen molar-refractivity contribution in [1.82, 2.24) is 14.7 Å². The number of alkyl halides is 2. The van der Waals surface area contributed by atoms with Crippen LogP contribution in [0.5, 0.6) is 5.75 Å². The van der Waals surface area contributed by atoms with Gasteiger partial charge in [0.05, 0.1) is 18.4 Å². The summed E-state index contributed by atoms with van der Waals surface area (Å²) in [6.07, 6.45) is 3.13. The minimum Gasteiger partial charge on any atom is -0.493 e. The third kappa shape index (κ3) is 5.92. The molecule has 0 bridgehead atoms. The fourth-order valence-electron chi connectivity index (χ4n) is 3.27. The highest BCUT2D eigenvalue weighted by atomic mass is 32.2. The molecule has 154 valence electrons. The van der Waals surface area contributed by atoms with Crippen LogP contribution in [0.25, 0.3) is 11.4 Å². The van der Waals surface area contributed by atoms with Gasteiger partial charge in [0.1, 0.15) is 11.8 Å². The summed E-state index contributed by atoms with van der Waals surface area (Å²) in [4.78, 5) is 8.21. The van der Waals surface area contributed by atoms with Crippen LogP contribution in [-0.2, 0) is 10.0 Å². The molecule has 0 radical (unpaired) electrons. The summed E-state index contributed by atoms with van der Waals surface area (Å²) in [5, 5.41) is 8.78. The van der Waals surface area contributed by atoms with E-state index in [1.807, 2.05) is 6.07 Å². The maximum Gasteiger partial charge on any atom is 0.248 e. The van der Waals surface area contributed by atoms with E-state index in [2.05, 4.69) is 14.7 Å². The van der Waals surface area contributed by atoms with Gasteiger partial charge in [-0.3, -0.25) is 0 Å². The Morgan fingerprint density at radius 3 is 2.52 bits per heavy atom. The number of benzene rings is 1. The van der Waals surface area contributed by atoms with Crippen molar-refractivity contribution in [3.8, 4) is 23.2 Å². The first-order valence-corrected chi connectivity index (χ1v) is 10.8. The van der Waals surface area contributed by atoms with Crippen molar-refractivity contribution in [3.05, 3.63) is 42.2 Å². The summed E-state index contributed by atoms with van der Waals surface area (Å²) < 4.78 is 58.8. The molecule has 1 N–H and O–H groups in total. The molecule has 3 rings (SSSR count). The molecule has 1 heterocycles. The first kappa shape index (κ1) is 21.1. The Labute approximate surface area is 167 Å². The monoisotopic (exact) mass is 422 g/mol. The van der Waals surface area contributed by atoms with Crippen molar-refractivity contribution in [2.24, 2.45) is 5.92 Å². The Balaban J connectivity index is 1.66. The fourth-order valence-corrected chi connectivity index (χ4v) is 4.13. The van der Waals surface area contributed by atoms with Gasteiger partial charge in [-0.25, -0.2) is 31.9 Å². The van der Waals surface area contributed by atoms with Crippen molar-refractivity contribution >= 4 is 10.0 Å². The quantitative estimate of drug-likeness (QED) is 0.768. The Hall–Kier alpha value is -2.64. The lowest BCUT2D eigenvalue weighted by Gasteiger charge is -2.35. The minimum absolute atomic E-state index is 0.0323. The third-order valence-corrected chi connectivity index (χ3v) is 5.40. The summed E-state index contributed by atoms with van der Waals surface area (Å²) in [7, 11) is -3.50. The molecular weight excluding hydrogens is 402 g/mol. The summed E-state index contributed by atoms with van der Waals surface area (Å²) in [5.74, 6) is -2.56. The molecule has 10 heteroatoms. The van der Waals surface area contributed by atoms with E-state index in [0.29, 0.717) is 22.7 Å². The van der Waals surface area contributed by atoms with Crippen LogP contribution in [0.4, 0.5) is 8.78 Å². The van der Waals surface area contributed by atoms with Crippen LogP contribution in [0, 0.1) is 17.2 Å². The van der Waals surface area contributed by atoms with Crippen molar-refractivity contribution < 1.29 is 21.9 Å². The Kier molecular flexibility index (Phi) is 6.10. The maximum absolute atomic E-state index is 13.8. The zero-order valence-electron chi connectivity index (χ0n) is 15.7. The van der Waals surface area contributed by atoms with Crippen LogP contribution in [0.2, 0.25) is 0 Å². The molecule has 0 amide bonds. The SMILES string of the molecule is CS(=O)(=O)NC1CCC(F)(F)CC1COc1ccc(-c2ncc(C#N)cn2)cc1. The summed E-state index contributed by atoms with van der Waals surface area (Å²) in [6.45, 7) is -0.0323. The molecule has 0 spiro atoms. The van der Waals surface area contributed by atoms with E-state index >= 15 is 0 Å². The molecule has 1 aliphatic rings. The number of hydrogen-bond donors (Lipinski definition) is 1. The molecule has 2 aromatic rings. The van der Waals surface area contributed by atoms with Gasteiger partial charge >= 0.3 is 0 Å². The van der Waals surface area contributed by atoms with Gasteiger partial charge in [0.25, 0.3) is 0 Å². The second-order valence-electron chi connectivity index (χ2n) is 7.10. The first-order valence-electron chi connectivity index (χ1n) is 8.96. The third-order valence-electron chi connectivity index (χ3n) is 4.67. The van der Waals surface area contributed by atoms with E-state index < -0.39 is 34.3 Å². The van der Waals surface area contributed by atoms with E-state index in [-0.39, 0.29) is 19.4 Å². The van der Waals surface area contributed by atoms with Gasteiger partial charge in [0.15, 0.2) is 5.82 Å². The van der Waals surface area contributed by atoms with E-state index in [9.17, 15) is 17.2 Å². The molecule has 1 saturated carbocycles. The number of sulfonamides is 1. The second-order valence-corrected chi connectivity index (χ2v) is 8.88. The summed E-state index contributed by atoms with van der Waals surface area (Å²) in [5.41, 5.74) is 1.07. The highest BCUT2D eigenvalue weighted by Crippen LogP contribution is 2.37. The predicted molar refractivity (Wildman–Crippen MR) is 102 cm³/mol. The number of halogens is 2. The zero-order valence-corrected chi connectivity index (χ0v) is 16.5. The molecule has 2 atom stereocenters. The van der Waals surface area contributed by atoms with E-state index in [4.69, 9.17) is 10.00 Å². The lowest BCUT2D eigenvalue weighted by molar-refractivity contribution is -0.0660. The van der Waals surface area contributed by atoms with E-state index in [1.54, 1.807) is 24.3 Å². The highest BCUT2D eigenvalue weighted by Gasteiger charge is 2.42. The average Bonchev–Trinajstić information content (AvgIpc) is 2.67. The molecule has 29 heavy (non-hydrogen) atoms. The van der Waals surface area contributed by atoms with Gasteiger partial charge in [-0.2, -0.15) is 5.26 Å². The molecule has 0 aliphatic heterocycles. The van der Waals surface area contributed by atoms with Crippen LogP contribution < -0.4 is 9.46 Å². The lowest BCUT2D eigenvalue weighted by atomic mass is 9.83. The Morgan fingerprint density at radius 2 is 1.93 bits per heavy atom. The number of rotatable bonds is 6. The van der Waals surface area contributed by atoms with Crippen LogP contribution in [-0.4, -0.2) is 43.2 Å². The molecule has 2 unspecified atom stereocenters. The van der Waals surface area contributed by atoms with Crippen LogP contribution in [0.3, 0.4) is 0 Å². The number of nitrogens with one attached hydrogen (secondary N) is 1. The molecule has 1 aromatic heterocycles. The van der Waals surface area contributed by atoms with Crippen molar-refractivity contribution in [2.75, 3.05) is 12.9 Å². The zero-order chi connectivity index (χ0) is 21.1. The van der Waals surface area contributed by atoms with Crippen LogP contribution >= 0.6 is 0 Å². The number of nitrogens with zero attached hydrogens (tertiary/aromatic N) is 3. The summed E-state index contributed by atoms with van der Waals surface area (Å²) in [6, 6.07) is 8.13. The largest absolute Gasteiger partial charge is 0.493 e.